The van der Waals surface area contributed by atoms with E-state index in [1.54, 1.807) is 21.9 Å². The smallest absolute Gasteiger partial charge is 0.276 e. The van der Waals surface area contributed by atoms with Crippen LogP contribution in [-0.2, 0) is 0 Å². The Balaban J connectivity index is 1.24. The minimum absolute atomic E-state index is 0.179. The van der Waals surface area contributed by atoms with Crippen LogP contribution >= 0.6 is 0 Å². The van der Waals surface area contributed by atoms with E-state index in [4.69, 9.17) is 19.9 Å². The molecule has 0 aliphatic heterocycles. The van der Waals surface area contributed by atoms with Crippen LogP contribution in [0.4, 0.5) is 11.4 Å². The molecule has 0 N–H and O–H groups in total. The Labute approximate surface area is 278 Å². The lowest BCUT2D eigenvalue weighted by atomic mass is 10.1. The minimum Gasteiger partial charge on any atom is -0.307 e. The summed E-state index contributed by atoms with van der Waals surface area (Å²) in [6.45, 7) is 4.91. The molecule has 0 radical (unpaired) electrons. The van der Waals surface area contributed by atoms with E-state index in [0.717, 1.165) is 22.1 Å². The molecule has 8 nitrogen and oxygen atoms in total. The van der Waals surface area contributed by atoms with Crippen LogP contribution in [0.15, 0.2) is 133 Å². The van der Waals surface area contributed by atoms with Crippen LogP contribution in [0.1, 0.15) is 34.8 Å². The molecular formula is C40H32N6O2. The number of hydrogen-bond donors (Lipinski definition) is 0. The van der Waals surface area contributed by atoms with Crippen molar-refractivity contribution in [3.63, 3.8) is 0 Å². The molecule has 2 amide bonds. The molecule has 0 atom stereocenters. The van der Waals surface area contributed by atoms with Gasteiger partial charge < -0.3 is 9.80 Å². The van der Waals surface area contributed by atoms with Gasteiger partial charge in [-0.2, -0.15) is 0 Å². The van der Waals surface area contributed by atoms with Gasteiger partial charge >= 0.3 is 0 Å². The van der Waals surface area contributed by atoms with Crippen molar-refractivity contribution in [2.24, 2.45) is 0 Å². The standard InChI is InChI=1S/C40H32N6O2/c1-3-45(29-13-7-5-8-14-29)39(47)35-19-11-17-31(41-35)33-25-23-27-21-22-28-24-26-34(44-38(28)37(27)43-33)32-18-12-20-36(42-32)40(48)46(4-2)30-15-9-6-10-16-30/h5-26H,3-4H2,1-2H3. The molecule has 0 fully saturated rings. The van der Waals surface area contributed by atoms with E-state index in [-0.39, 0.29) is 11.8 Å². The van der Waals surface area contributed by atoms with Crippen LogP contribution in [0.2, 0.25) is 0 Å². The molecule has 0 aliphatic carbocycles. The molecule has 4 heterocycles. The zero-order chi connectivity index (χ0) is 33.0. The Bertz CT molecular complexity index is 2110. The number of benzene rings is 3. The van der Waals surface area contributed by atoms with Gasteiger partial charge in [0, 0.05) is 35.2 Å². The SMILES string of the molecule is CCN(C(=O)c1cccc(-c2ccc3ccc4ccc(-c5cccc(C(=O)N(CC)c6ccccc6)n5)nc4c3n2)n1)c1ccccc1. The van der Waals surface area contributed by atoms with Gasteiger partial charge in [0.15, 0.2) is 0 Å². The average Bonchev–Trinajstić information content (AvgIpc) is 3.16. The first-order valence-corrected chi connectivity index (χ1v) is 15.9. The summed E-state index contributed by atoms with van der Waals surface area (Å²) in [6.07, 6.45) is 0. The van der Waals surface area contributed by atoms with Crippen molar-refractivity contribution < 1.29 is 9.59 Å². The van der Waals surface area contributed by atoms with E-state index in [1.807, 2.05) is 135 Å². The molecule has 7 aromatic rings. The monoisotopic (exact) mass is 628 g/mol. The Morgan fingerprint density at radius 2 is 0.812 bits per heavy atom. The number of pyridine rings is 4. The lowest BCUT2D eigenvalue weighted by Crippen LogP contribution is -2.31. The summed E-state index contributed by atoms with van der Waals surface area (Å²) >= 11 is 0. The Morgan fingerprint density at radius 1 is 0.438 bits per heavy atom. The predicted molar refractivity (Wildman–Crippen MR) is 191 cm³/mol. The lowest BCUT2D eigenvalue weighted by Gasteiger charge is -2.20. The van der Waals surface area contributed by atoms with Crippen LogP contribution in [0.25, 0.3) is 44.6 Å². The number of fused-ring (bicyclic) bond motifs is 3. The normalized spacial score (nSPS) is 11.0. The third-order valence-corrected chi connectivity index (χ3v) is 8.24. The summed E-state index contributed by atoms with van der Waals surface area (Å²) in [5.74, 6) is -0.357. The summed E-state index contributed by atoms with van der Waals surface area (Å²) in [5, 5.41) is 1.84. The number of amides is 2. The number of hydrogen-bond acceptors (Lipinski definition) is 6. The number of anilines is 2. The van der Waals surface area contributed by atoms with Gasteiger partial charge in [-0.05, 0) is 74.5 Å². The topological polar surface area (TPSA) is 92.2 Å². The fourth-order valence-corrected chi connectivity index (χ4v) is 5.83. The molecule has 0 spiro atoms. The molecule has 0 aliphatic rings. The van der Waals surface area contributed by atoms with Crippen molar-refractivity contribution in [2.75, 3.05) is 22.9 Å². The van der Waals surface area contributed by atoms with Gasteiger partial charge in [-0.15, -0.1) is 0 Å². The van der Waals surface area contributed by atoms with Crippen LogP contribution < -0.4 is 9.80 Å². The molecule has 0 saturated carbocycles. The van der Waals surface area contributed by atoms with E-state index >= 15 is 0 Å². The summed E-state index contributed by atoms with van der Waals surface area (Å²) < 4.78 is 0. The molecule has 8 heteroatoms. The fourth-order valence-electron chi connectivity index (χ4n) is 5.83. The number of para-hydroxylation sites is 2. The highest BCUT2D eigenvalue weighted by Crippen LogP contribution is 2.29. The van der Waals surface area contributed by atoms with E-state index in [1.165, 1.54) is 0 Å². The van der Waals surface area contributed by atoms with Crippen molar-refractivity contribution >= 4 is 45.0 Å². The number of carbonyl (C=O) groups is 2. The van der Waals surface area contributed by atoms with Crippen LogP contribution in [0.5, 0.6) is 0 Å². The number of nitrogens with zero attached hydrogens (tertiary/aromatic N) is 6. The molecule has 48 heavy (non-hydrogen) atoms. The zero-order valence-electron chi connectivity index (χ0n) is 26.6. The van der Waals surface area contributed by atoms with E-state index < -0.39 is 0 Å². The number of aromatic nitrogens is 4. The maximum absolute atomic E-state index is 13.5. The van der Waals surface area contributed by atoms with Crippen molar-refractivity contribution in [1.82, 2.24) is 19.9 Å². The molecule has 0 bridgehead atoms. The quantitative estimate of drug-likeness (QED) is 0.157. The number of rotatable bonds is 8. The first kappa shape index (κ1) is 30.4. The van der Waals surface area contributed by atoms with Gasteiger partial charge in [0.2, 0.25) is 0 Å². The van der Waals surface area contributed by atoms with Gasteiger partial charge in [0.25, 0.3) is 11.8 Å². The Kier molecular flexibility index (Phi) is 8.36. The van der Waals surface area contributed by atoms with Gasteiger partial charge in [-0.25, -0.2) is 19.9 Å². The molecule has 0 unspecified atom stereocenters. The fraction of sp³-hybridized carbons (Fsp3) is 0.100. The average molecular weight is 629 g/mol. The van der Waals surface area contributed by atoms with E-state index in [2.05, 4.69) is 0 Å². The second-order valence-electron chi connectivity index (χ2n) is 11.2. The highest BCUT2D eigenvalue weighted by atomic mass is 16.2. The molecule has 234 valence electrons. The third kappa shape index (κ3) is 5.87. The molecule has 7 rings (SSSR count). The predicted octanol–water partition coefficient (Wildman–Crippen LogP) is 8.24. The van der Waals surface area contributed by atoms with Gasteiger partial charge in [-0.3, -0.25) is 9.59 Å². The Hall–Kier alpha value is -6.28. The first-order valence-electron chi connectivity index (χ1n) is 15.9. The number of carbonyl (C=O) groups excluding carboxylic acids is 2. The second-order valence-corrected chi connectivity index (χ2v) is 11.2. The summed E-state index contributed by atoms with van der Waals surface area (Å²) in [5.41, 5.74) is 6.17. The maximum Gasteiger partial charge on any atom is 0.276 e. The zero-order valence-corrected chi connectivity index (χ0v) is 26.6. The van der Waals surface area contributed by atoms with Crippen LogP contribution in [0, 0.1) is 0 Å². The summed E-state index contributed by atoms with van der Waals surface area (Å²) in [4.78, 5) is 49.9. The third-order valence-electron chi connectivity index (χ3n) is 8.24. The summed E-state index contributed by atoms with van der Waals surface area (Å²) in [7, 11) is 0. The van der Waals surface area contributed by atoms with E-state index in [9.17, 15) is 9.59 Å². The largest absolute Gasteiger partial charge is 0.307 e. The highest BCUT2D eigenvalue weighted by Gasteiger charge is 2.20. The van der Waals surface area contributed by atoms with E-state index in [0.29, 0.717) is 58.3 Å². The maximum atomic E-state index is 13.5. The van der Waals surface area contributed by atoms with Crippen molar-refractivity contribution in [2.45, 2.75) is 13.8 Å². The van der Waals surface area contributed by atoms with Crippen LogP contribution in [0.3, 0.4) is 0 Å². The first-order chi connectivity index (χ1) is 23.5. The molecular weight excluding hydrogens is 596 g/mol. The van der Waals surface area contributed by atoms with Crippen LogP contribution in [-0.4, -0.2) is 44.8 Å². The Morgan fingerprint density at radius 3 is 1.21 bits per heavy atom. The molecule has 3 aromatic carbocycles. The molecule has 4 aromatic heterocycles. The van der Waals surface area contributed by atoms with Gasteiger partial charge in [0.05, 0.1) is 33.8 Å². The van der Waals surface area contributed by atoms with Crippen molar-refractivity contribution in [1.29, 1.82) is 0 Å². The minimum atomic E-state index is -0.179. The van der Waals surface area contributed by atoms with Gasteiger partial charge in [0.1, 0.15) is 11.4 Å². The van der Waals surface area contributed by atoms with Crippen molar-refractivity contribution in [3.8, 4) is 22.8 Å². The summed E-state index contributed by atoms with van der Waals surface area (Å²) in [6, 6.07) is 41.8. The molecule has 0 saturated heterocycles. The second kappa shape index (κ2) is 13.2. The van der Waals surface area contributed by atoms with Gasteiger partial charge in [-0.1, -0.05) is 72.8 Å². The lowest BCUT2D eigenvalue weighted by molar-refractivity contribution is 0.0976. The van der Waals surface area contributed by atoms with Crippen molar-refractivity contribution in [3.05, 3.63) is 145 Å². The highest BCUT2D eigenvalue weighted by molar-refractivity contribution is 6.06.